The van der Waals surface area contributed by atoms with Gasteiger partial charge in [0.25, 0.3) is 0 Å². The first kappa shape index (κ1) is 35.6. The monoisotopic (exact) mass is 687 g/mol. The van der Waals surface area contributed by atoms with Crippen molar-refractivity contribution in [2.24, 2.45) is 17.8 Å². The number of nitrogens with one attached hydrogen (secondary N) is 2. The summed E-state index contributed by atoms with van der Waals surface area (Å²) in [4.78, 5) is 45.0. The van der Waals surface area contributed by atoms with Crippen molar-refractivity contribution in [3.63, 3.8) is 0 Å². The molecule has 268 valence electrons. The van der Waals surface area contributed by atoms with Gasteiger partial charge in [0, 0.05) is 47.4 Å². The maximum absolute atomic E-state index is 14.3. The number of carbonyl (C=O) groups excluding carboxylic acids is 3. The number of hydrogen-bond donors (Lipinski definition) is 4. The predicted octanol–water partition coefficient (Wildman–Crippen LogP) is 4.16. The minimum Gasteiger partial charge on any atom is -0.493 e. The molecule has 2 heterocycles. The van der Waals surface area contributed by atoms with E-state index >= 15 is 0 Å². The predicted molar refractivity (Wildman–Crippen MR) is 188 cm³/mol. The molecule has 2 aromatic carbocycles. The van der Waals surface area contributed by atoms with Crippen molar-refractivity contribution in [1.82, 2.24) is 15.2 Å². The van der Waals surface area contributed by atoms with Crippen LogP contribution in [0.25, 0.3) is 10.9 Å². The van der Waals surface area contributed by atoms with Gasteiger partial charge < -0.3 is 39.6 Å². The Kier molecular flexibility index (Phi) is 11.0. The number of aliphatic hydroxyl groups is 2. The summed E-state index contributed by atoms with van der Waals surface area (Å²) in [6.07, 6.45) is 3.61. The van der Waals surface area contributed by atoms with Crippen LogP contribution in [0.5, 0.6) is 11.5 Å². The third-order valence-electron chi connectivity index (χ3n) is 10.7. The maximum Gasteiger partial charge on any atom is 0.249 e. The van der Waals surface area contributed by atoms with Gasteiger partial charge in [0.15, 0.2) is 11.5 Å². The number of aromatic nitrogens is 1. The smallest absolute Gasteiger partial charge is 0.249 e. The molecule has 0 saturated heterocycles. The van der Waals surface area contributed by atoms with Gasteiger partial charge in [-0.15, -0.1) is 0 Å². The molecule has 50 heavy (non-hydrogen) atoms. The van der Waals surface area contributed by atoms with Crippen molar-refractivity contribution in [1.29, 1.82) is 0 Å². The van der Waals surface area contributed by atoms with Crippen molar-refractivity contribution in [2.45, 2.75) is 76.7 Å². The average Bonchev–Trinajstić information content (AvgIpc) is 3.72. The summed E-state index contributed by atoms with van der Waals surface area (Å²) in [6.45, 7) is 6.43. The Balaban J connectivity index is 1.35. The third kappa shape index (κ3) is 7.17. The van der Waals surface area contributed by atoms with Gasteiger partial charge in [0.1, 0.15) is 25.1 Å². The first-order valence-electron chi connectivity index (χ1n) is 17.7. The van der Waals surface area contributed by atoms with Crippen LogP contribution in [0.4, 0.5) is 0 Å². The third-order valence-corrected chi connectivity index (χ3v) is 10.7. The number of carbonyl (C=O) groups is 3. The molecule has 7 atom stereocenters. The number of fused-ring (bicyclic) bond motifs is 4. The molecule has 7 unspecified atom stereocenters. The van der Waals surface area contributed by atoms with Crippen LogP contribution < -0.4 is 14.8 Å². The van der Waals surface area contributed by atoms with Crippen LogP contribution in [0, 0.1) is 17.8 Å². The lowest BCUT2D eigenvalue weighted by Crippen LogP contribution is -2.57. The molecule has 6 rings (SSSR count). The number of aromatic amines is 1. The number of amides is 2. The number of H-pyrrole nitrogens is 1. The topological polar surface area (TPSA) is 150 Å². The van der Waals surface area contributed by atoms with Gasteiger partial charge in [-0.2, -0.15) is 0 Å². The number of aliphatic hydroxyl groups excluding tert-OH is 2. The zero-order valence-corrected chi connectivity index (χ0v) is 29.3. The Morgan fingerprint density at radius 1 is 1.18 bits per heavy atom. The minimum atomic E-state index is -1.24. The number of ether oxygens (including phenoxy) is 3. The average molecular weight is 688 g/mol. The zero-order chi connectivity index (χ0) is 35.5. The van der Waals surface area contributed by atoms with E-state index in [1.807, 2.05) is 24.3 Å². The highest BCUT2D eigenvalue weighted by atomic mass is 16.5. The van der Waals surface area contributed by atoms with Crippen LogP contribution in [0.15, 0.2) is 54.1 Å². The van der Waals surface area contributed by atoms with Crippen LogP contribution in [-0.2, 0) is 20.7 Å². The molecule has 1 aromatic heterocycles. The van der Waals surface area contributed by atoms with Gasteiger partial charge in [0.2, 0.25) is 11.8 Å². The number of nitrogens with zero attached hydrogens (tertiary/aromatic N) is 1. The highest BCUT2D eigenvalue weighted by Gasteiger charge is 2.51. The molecule has 3 aliphatic rings. The van der Waals surface area contributed by atoms with E-state index < -0.39 is 30.1 Å². The normalized spacial score (nSPS) is 25.7. The summed E-state index contributed by atoms with van der Waals surface area (Å²) in [5, 5.41) is 25.4. The number of para-hydroxylation sites is 1. The summed E-state index contributed by atoms with van der Waals surface area (Å²) in [7, 11) is 1.46. The lowest BCUT2D eigenvalue weighted by molar-refractivity contribution is -0.147. The molecular formula is C39H49N3O8. The Morgan fingerprint density at radius 3 is 2.70 bits per heavy atom. The fraction of sp³-hybridized carbons (Fsp3) is 0.513. The van der Waals surface area contributed by atoms with Crippen LogP contribution >= 0.6 is 0 Å². The summed E-state index contributed by atoms with van der Waals surface area (Å²) < 4.78 is 18.3. The van der Waals surface area contributed by atoms with Gasteiger partial charge in [0.05, 0.1) is 31.8 Å². The fourth-order valence-electron chi connectivity index (χ4n) is 8.08. The Hall–Kier alpha value is -4.19. The first-order valence-corrected chi connectivity index (χ1v) is 17.7. The number of methoxy groups -OCH3 is 1. The molecule has 2 aliphatic carbocycles. The summed E-state index contributed by atoms with van der Waals surface area (Å²) in [6, 6.07) is 12.2. The van der Waals surface area contributed by atoms with E-state index in [1.165, 1.54) is 7.11 Å². The minimum absolute atomic E-state index is 0.0138. The Morgan fingerprint density at radius 2 is 1.98 bits per heavy atom. The SMILES string of the molecule is COc1cc(C=O)cc2c1OC1C2C(C(=O)NCCO)=CC(N(CCc2cc3ccccc3[nH]2)C(=O)COC2CC(C)CCC2C(C)C)C1O. The van der Waals surface area contributed by atoms with Crippen molar-refractivity contribution >= 4 is 29.0 Å². The van der Waals surface area contributed by atoms with E-state index in [2.05, 4.69) is 37.1 Å². The molecule has 11 heteroatoms. The van der Waals surface area contributed by atoms with E-state index in [9.17, 15) is 24.6 Å². The van der Waals surface area contributed by atoms with Crippen LogP contribution in [-0.4, -0.2) is 96.0 Å². The molecule has 2 amide bonds. The maximum atomic E-state index is 14.3. The second kappa shape index (κ2) is 15.4. The standard InChI is InChI=1S/C39H49N3O8/c1-22(2)27-10-9-23(3)15-32(27)49-21-34(45)42(13-11-26-18-25-7-5-6-8-30(25)41-26)31-19-29(39(47)40-12-14-43)35-28-16-24(20-44)17-33(48-4)37(28)50-38(35)36(31)46/h5-8,16-20,22-23,27,31-32,35-36,38,41,43,46H,9-15,21H2,1-4H3,(H,40,47). The van der Waals surface area contributed by atoms with Gasteiger partial charge >= 0.3 is 0 Å². The molecule has 1 saturated carbocycles. The van der Waals surface area contributed by atoms with E-state index in [0.717, 1.165) is 35.9 Å². The van der Waals surface area contributed by atoms with E-state index in [0.29, 0.717) is 53.1 Å². The van der Waals surface area contributed by atoms with Crippen molar-refractivity contribution in [3.05, 3.63) is 70.9 Å². The van der Waals surface area contributed by atoms with Crippen LogP contribution in [0.3, 0.4) is 0 Å². The van der Waals surface area contributed by atoms with Gasteiger partial charge in [-0.1, -0.05) is 45.4 Å². The number of benzene rings is 2. The largest absolute Gasteiger partial charge is 0.493 e. The van der Waals surface area contributed by atoms with E-state index in [1.54, 1.807) is 23.1 Å². The summed E-state index contributed by atoms with van der Waals surface area (Å²) in [5.74, 6) is 0.387. The second-order valence-corrected chi connectivity index (χ2v) is 14.3. The van der Waals surface area contributed by atoms with E-state index in [4.69, 9.17) is 14.2 Å². The second-order valence-electron chi connectivity index (χ2n) is 14.3. The number of hydrogen-bond acceptors (Lipinski definition) is 8. The lowest BCUT2D eigenvalue weighted by Gasteiger charge is -2.41. The summed E-state index contributed by atoms with van der Waals surface area (Å²) in [5.41, 5.74) is 3.05. The van der Waals surface area contributed by atoms with Gasteiger partial charge in [-0.25, -0.2) is 0 Å². The molecular weight excluding hydrogens is 638 g/mol. The molecule has 0 bridgehead atoms. The molecule has 0 radical (unpaired) electrons. The lowest BCUT2D eigenvalue weighted by atomic mass is 9.75. The molecule has 0 spiro atoms. The van der Waals surface area contributed by atoms with Gasteiger partial charge in [-0.05, 0) is 66.3 Å². The van der Waals surface area contributed by atoms with Crippen LogP contribution in [0.1, 0.15) is 67.6 Å². The van der Waals surface area contributed by atoms with Crippen molar-refractivity contribution in [2.75, 3.05) is 33.4 Å². The summed E-state index contributed by atoms with van der Waals surface area (Å²) >= 11 is 0. The number of rotatable bonds is 13. The Bertz CT molecular complexity index is 1700. The first-order chi connectivity index (χ1) is 24.1. The van der Waals surface area contributed by atoms with Crippen LogP contribution in [0.2, 0.25) is 0 Å². The zero-order valence-electron chi connectivity index (χ0n) is 29.3. The Labute approximate surface area is 293 Å². The fourth-order valence-corrected chi connectivity index (χ4v) is 8.08. The van der Waals surface area contributed by atoms with Crippen molar-refractivity contribution < 1.29 is 38.8 Å². The highest BCUT2D eigenvalue weighted by molar-refractivity contribution is 5.96. The molecule has 4 N–H and O–H groups in total. The molecule has 1 aliphatic heterocycles. The van der Waals surface area contributed by atoms with Gasteiger partial charge in [-0.3, -0.25) is 14.4 Å². The van der Waals surface area contributed by atoms with Crippen molar-refractivity contribution in [3.8, 4) is 11.5 Å². The molecule has 11 nitrogen and oxygen atoms in total. The van der Waals surface area contributed by atoms with E-state index in [-0.39, 0.29) is 43.9 Å². The number of aldehydes is 1. The highest BCUT2D eigenvalue weighted by Crippen LogP contribution is 2.51. The quantitative estimate of drug-likeness (QED) is 0.196. The molecule has 3 aromatic rings. The molecule has 1 fully saturated rings.